The van der Waals surface area contributed by atoms with E-state index in [0.29, 0.717) is 35.6 Å². The van der Waals surface area contributed by atoms with Crippen LogP contribution in [0, 0.1) is 0 Å². The van der Waals surface area contributed by atoms with Crippen LogP contribution in [0.2, 0.25) is 0 Å². The maximum atomic E-state index is 5.82. The lowest BCUT2D eigenvalue weighted by Gasteiger charge is -2.23. The molecule has 0 amide bonds. The molecule has 2 aromatic carbocycles. The van der Waals surface area contributed by atoms with Crippen LogP contribution in [0.3, 0.4) is 0 Å². The fourth-order valence-electron chi connectivity index (χ4n) is 2.69. The van der Waals surface area contributed by atoms with Crippen LogP contribution in [0.1, 0.15) is 12.8 Å². The second kappa shape index (κ2) is 8.60. The highest BCUT2D eigenvalue weighted by Gasteiger charge is 2.12. The number of anilines is 2. The Kier molecular flexibility index (Phi) is 5.98. The number of nitrogen functional groups attached to an aromatic ring is 2. The van der Waals surface area contributed by atoms with E-state index in [1.807, 2.05) is 24.3 Å². The van der Waals surface area contributed by atoms with E-state index in [9.17, 15) is 0 Å². The standard InChI is InChI=1S/C19H25N3O3/c20-18-7-6-16(12-19(18)21)25-15-4-1-3-14(11-15)23-9-2-5-17-13-22-8-10-24-17/h1,3-4,6-7,11-12,17,22H,2,5,8-10,13,20-21H2. The summed E-state index contributed by atoms with van der Waals surface area (Å²) in [6.07, 6.45) is 2.24. The number of ether oxygens (including phenoxy) is 3. The van der Waals surface area contributed by atoms with Crippen molar-refractivity contribution in [1.82, 2.24) is 5.32 Å². The van der Waals surface area contributed by atoms with Gasteiger partial charge in [-0.25, -0.2) is 0 Å². The molecule has 1 unspecified atom stereocenters. The van der Waals surface area contributed by atoms with Gasteiger partial charge in [0.05, 0.1) is 30.7 Å². The van der Waals surface area contributed by atoms with E-state index in [4.69, 9.17) is 25.7 Å². The fraction of sp³-hybridized carbons (Fsp3) is 0.368. The SMILES string of the molecule is Nc1ccc(Oc2cccc(OCCCC3CNCCO3)c2)cc1N. The van der Waals surface area contributed by atoms with Crippen molar-refractivity contribution in [2.45, 2.75) is 18.9 Å². The maximum absolute atomic E-state index is 5.82. The van der Waals surface area contributed by atoms with E-state index in [1.165, 1.54) is 0 Å². The van der Waals surface area contributed by atoms with Crippen molar-refractivity contribution in [3.63, 3.8) is 0 Å². The first-order chi connectivity index (χ1) is 12.2. The number of benzene rings is 2. The summed E-state index contributed by atoms with van der Waals surface area (Å²) in [5, 5.41) is 3.33. The maximum Gasteiger partial charge on any atom is 0.131 e. The van der Waals surface area contributed by atoms with Gasteiger partial charge in [-0.15, -0.1) is 0 Å². The number of hydrogen-bond acceptors (Lipinski definition) is 6. The normalized spacial score (nSPS) is 17.2. The molecule has 6 nitrogen and oxygen atoms in total. The Morgan fingerprint density at radius 2 is 1.88 bits per heavy atom. The summed E-state index contributed by atoms with van der Waals surface area (Å²) < 4.78 is 17.3. The van der Waals surface area contributed by atoms with E-state index < -0.39 is 0 Å². The van der Waals surface area contributed by atoms with Gasteiger partial charge in [-0.05, 0) is 37.1 Å². The number of rotatable bonds is 7. The van der Waals surface area contributed by atoms with Crippen molar-refractivity contribution >= 4 is 11.4 Å². The third kappa shape index (κ3) is 5.27. The lowest BCUT2D eigenvalue weighted by Crippen LogP contribution is -2.38. The Balaban J connectivity index is 1.48. The number of morpholine rings is 1. The van der Waals surface area contributed by atoms with Gasteiger partial charge in [0.25, 0.3) is 0 Å². The van der Waals surface area contributed by atoms with Gasteiger partial charge < -0.3 is 31.0 Å². The lowest BCUT2D eigenvalue weighted by atomic mass is 10.2. The highest BCUT2D eigenvalue weighted by molar-refractivity contribution is 5.65. The molecule has 1 aliphatic heterocycles. The minimum Gasteiger partial charge on any atom is -0.493 e. The topological polar surface area (TPSA) is 91.8 Å². The van der Waals surface area contributed by atoms with E-state index in [2.05, 4.69) is 5.32 Å². The molecule has 6 heteroatoms. The Hall–Kier alpha value is -2.44. The monoisotopic (exact) mass is 343 g/mol. The summed E-state index contributed by atoms with van der Waals surface area (Å²) in [5.41, 5.74) is 12.6. The largest absolute Gasteiger partial charge is 0.493 e. The summed E-state index contributed by atoms with van der Waals surface area (Å²) in [5.74, 6) is 2.12. The average Bonchev–Trinajstić information content (AvgIpc) is 2.63. The van der Waals surface area contributed by atoms with Crippen LogP contribution in [0.5, 0.6) is 17.2 Å². The van der Waals surface area contributed by atoms with Crippen LogP contribution in [-0.4, -0.2) is 32.4 Å². The Morgan fingerprint density at radius 3 is 2.68 bits per heavy atom. The molecule has 5 N–H and O–H groups in total. The summed E-state index contributed by atoms with van der Waals surface area (Å²) in [7, 11) is 0. The quantitative estimate of drug-likeness (QED) is 0.529. The minimum atomic E-state index is 0.294. The van der Waals surface area contributed by atoms with Crippen LogP contribution >= 0.6 is 0 Å². The predicted molar refractivity (Wildman–Crippen MR) is 99.1 cm³/mol. The first-order valence-electron chi connectivity index (χ1n) is 8.59. The third-order valence-corrected chi connectivity index (χ3v) is 4.04. The minimum absolute atomic E-state index is 0.294. The van der Waals surface area contributed by atoms with Crippen LogP contribution < -0.4 is 26.3 Å². The fourth-order valence-corrected chi connectivity index (χ4v) is 2.69. The van der Waals surface area contributed by atoms with E-state index >= 15 is 0 Å². The lowest BCUT2D eigenvalue weighted by molar-refractivity contribution is 0.0204. The van der Waals surface area contributed by atoms with E-state index in [1.54, 1.807) is 18.2 Å². The van der Waals surface area contributed by atoms with Crippen molar-refractivity contribution in [2.24, 2.45) is 0 Å². The molecule has 134 valence electrons. The molecule has 1 aliphatic rings. The van der Waals surface area contributed by atoms with Gasteiger partial charge in [-0.2, -0.15) is 0 Å². The van der Waals surface area contributed by atoms with Gasteiger partial charge >= 0.3 is 0 Å². The molecular weight excluding hydrogens is 318 g/mol. The van der Waals surface area contributed by atoms with Crippen molar-refractivity contribution in [2.75, 3.05) is 37.8 Å². The Labute approximate surface area is 148 Å². The second-order valence-electron chi connectivity index (χ2n) is 6.06. The molecule has 0 spiro atoms. The molecule has 1 saturated heterocycles. The van der Waals surface area contributed by atoms with Crippen LogP contribution in [0.15, 0.2) is 42.5 Å². The smallest absolute Gasteiger partial charge is 0.131 e. The summed E-state index contributed by atoms with van der Waals surface area (Å²) >= 11 is 0. The van der Waals surface area contributed by atoms with Crippen LogP contribution in [0.4, 0.5) is 11.4 Å². The van der Waals surface area contributed by atoms with Crippen molar-refractivity contribution < 1.29 is 14.2 Å². The summed E-state index contributed by atoms with van der Waals surface area (Å²) in [6.45, 7) is 3.31. The van der Waals surface area contributed by atoms with Gasteiger partial charge in [0.1, 0.15) is 17.2 Å². The van der Waals surface area contributed by atoms with Gasteiger partial charge in [-0.1, -0.05) is 6.07 Å². The Bertz CT molecular complexity index is 687. The molecule has 0 aromatic heterocycles. The van der Waals surface area contributed by atoms with E-state index in [0.717, 1.165) is 38.3 Å². The molecule has 0 radical (unpaired) electrons. The van der Waals surface area contributed by atoms with Gasteiger partial charge in [0.15, 0.2) is 0 Å². The third-order valence-electron chi connectivity index (χ3n) is 4.04. The zero-order valence-corrected chi connectivity index (χ0v) is 14.2. The predicted octanol–water partition coefficient (Wildman–Crippen LogP) is 2.79. The molecule has 1 fully saturated rings. The highest BCUT2D eigenvalue weighted by atomic mass is 16.5. The first-order valence-corrected chi connectivity index (χ1v) is 8.59. The second-order valence-corrected chi connectivity index (χ2v) is 6.06. The highest BCUT2D eigenvalue weighted by Crippen LogP contribution is 2.28. The molecule has 1 atom stereocenters. The molecule has 3 rings (SSSR count). The molecule has 1 heterocycles. The number of hydrogen-bond donors (Lipinski definition) is 3. The van der Waals surface area contributed by atoms with Crippen molar-refractivity contribution in [1.29, 1.82) is 0 Å². The van der Waals surface area contributed by atoms with Gasteiger partial charge in [-0.3, -0.25) is 0 Å². The van der Waals surface area contributed by atoms with Gasteiger partial charge in [0.2, 0.25) is 0 Å². The van der Waals surface area contributed by atoms with E-state index in [-0.39, 0.29) is 0 Å². The molecule has 0 aliphatic carbocycles. The zero-order valence-electron chi connectivity index (χ0n) is 14.2. The molecule has 0 saturated carbocycles. The van der Waals surface area contributed by atoms with Crippen molar-refractivity contribution in [3.05, 3.63) is 42.5 Å². The molecule has 2 aromatic rings. The van der Waals surface area contributed by atoms with Crippen LogP contribution in [-0.2, 0) is 4.74 Å². The summed E-state index contributed by atoms with van der Waals surface area (Å²) in [6, 6.07) is 12.8. The van der Waals surface area contributed by atoms with Crippen LogP contribution in [0.25, 0.3) is 0 Å². The van der Waals surface area contributed by atoms with Crippen molar-refractivity contribution in [3.8, 4) is 17.2 Å². The number of nitrogens with two attached hydrogens (primary N) is 2. The average molecular weight is 343 g/mol. The Morgan fingerprint density at radius 1 is 1.04 bits per heavy atom. The first kappa shape index (κ1) is 17.4. The number of nitrogens with one attached hydrogen (secondary N) is 1. The van der Waals surface area contributed by atoms with Gasteiger partial charge in [0, 0.05) is 25.2 Å². The molecule has 0 bridgehead atoms. The molecular formula is C19H25N3O3. The molecule has 25 heavy (non-hydrogen) atoms. The zero-order chi connectivity index (χ0) is 17.5. The summed E-state index contributed by atoms with van der Waals surface area (Å²) in [4.78, 5) is 0.